The van der Waals surface area contributed by atoms with Crippen LogP contribution in [0.5, 0.6) is 11.5 Å². The van der Waals surface area contributed by atoms with Gasteiger partial charge >= 0.3 is 6.03 Å². The average molecular weight is 507 g/mol. The van der Waals surface area contributed by atoms with Crippen LogP contribution in [0.1, 0.15) is 37.3 Å². The van der Waals surface area contributed by atoms with Gasteiger partial charge in [0.05, 0.1) is 5.71 Å². The van der Waals surface area contributed by atoms with E-state index in [2.05, 4.69) is 54.5 Å². The normalized spacial score (nSPS) is 18.2. The number of carbonyl (C=O) groups is 1. The SMILES string of the molecule is C=C(/N=C1\C(=C/C)CC2(CCN(C(=O)Nc3ccc(Oc4ccccc4)cc3)CC2)c2ccccc21)NC. The maximum atomic E-state index is 13.1. The molecular formula is C32H34N4O2. The lowest BCUT2D eigenvalue weighted by Crippen LogP contribution is -2.48. The zero-order chi connectivity index (χ0) is 26.5. The Balaban J connectivity index is 1.27. The molecule has 2 aliphatic rings. The number of rotatable bonds is 5. The monoisotopic (exact) mass is 506 g/mol. The van der Waals surface area contributed by atoms with E-state index in [0.29, 0.717) is 18.9 Å². The van der Waals surface area contributed by atoms with Crippen molar-refractivity contribution in [3.63, 3.8) is 0 Å². The predicted molar refractivity (Wildman–Crippen MR) is 154 cm³/mol. The number of para-hydroxylation sites is 1. The number of piperidine rings is 1. The summed E-state index contributed by atoms with van der Waals surface area (Å²) in [7, 11) is 1.84. The Morgan fingerprint density at radius 2 is 1.63 bits per heavy atom. The number of ether oxygens (including phenoxy) is 1. The van der Waals surface area contributed by atoms with Crippen LogP contribution in [0.25, 0.3) is 0 Å². The first kappa shape index (κ1) is 25.3. The van der Waals surface area contributed by atoms with Gasteiger partial charge in [0.2, 0.25) is 0 Å². The largest absolute Gasteiger partial charge is 0.457 e. The zero-order valence-corrected chi connectivity index (χ0v) is 22.0. The van der Waals surface area contributed by atoms with E-state index in [-0.39, 0.29) is 11.4 Å². The Morgan fingerprint density at radius 1 is 0.974 bits per heavy atom. The van der Waals surface area contributed by atoms with Gasteiger partial charge in [-0.3, -0.25) is 0 Å². The van der Waals surface area contributed by atoms with Gasteiger partial charge in [-0.2, -0.15) is 0 Å². The second kappa shape index (κ2) is 11.0. The van der Waals surface area contributed by atoms with Crippen molar-refractivity contribution in [3.8, 4) is 11.5 Å². The number of benzene rings is 3. The summed E-state index contributed by atoms with van der Waals surface area (Å²) >= 11 is 0. The van der Waals surface area contributed by atoms with Crippen LogP contribution >= 0.6 is 0 Å². The van der Waals surface area contributed by atoms with Gasteiger partial charge in [0.25, 0.3) is 0 Å². The lowest BCUT2D eigenvalue weighted by Gasteiger charge is -2.46. The third kappa shape index (κ3) is 5.21. The number of allylic oxidation sites excluding steroid dienone is 2. The molecule has 1 spiro atoms. The van der Waals surface area contributed by atoms with E-state index < -0.39 is 0 Å². The topological polar surface area (TPSA) is 66.0 Å². The summed E-state index contributed by atoms with van der Waals surface area (Å²) < 4.78 is 5.86. The van der Waals surface area contributed by atoms with Crippen molar-refractivity contribution >= 4 is 17.4 Å². The maximum Gasteiger partial charge on any atom is 0.321 e. The fourth-order valence-corrected chi connectivity index (χ4v) is 5.45. The van der Waals surface area contributed by atoms with Crippen LogP contribution in [-0.2, 0) is 5.41 Å². The lowest BCUT2D eigenvalue weighted by atomic mass is 9.63. The van der Waals surface area contributed by atoms with E-state index in [1.54, 1.807) is 0 Å². The van der Waals surface area contributed by atoms with Crippen molar-refractivity contribution in [3.05, 3.63) is 114 Å². The van der Waals surface area contributed by atoms with Crippen LogP contribution in [0.3, 0.4) is 0 Å². The van der Waals surface area contributed by atoms with E-state index in [4.69, 9.17) is 9.73 Å². The number of carbonyl (C=O) groups excluding carboxylic acids is 1. The fraction of sp³-hybridized carbons (Fsp3) is 0.250. The number of amides is 2. The van der Waals surface area contributed by atoms with Crippen LogP contribution in [0.15, 0.2) is 108 Å². The van der Waals surface area contributed by atoms with Crippen molar-refractivity contribution in [2.45, 2.75) is 31.6 Å². The summed E-state index contributed by atoms with van der Waals surface area (Å²) in [6.45, 7) is 7.49. The number of anilines is 1. The van der Waals surface area contributed by atoms with Crippen molar-refractivity contribution < 1.29 is 9.53 Å². The van der Waals surface area contributed by atoms with Gasteiger partial charge < -0.3 is 20.3 Å². The summed E-state index contributed by atoms with van der Waals surface area (Å²) in [6.07, 6.45) is 4.89. The fourth-order valence-electron chi connectivity index (χ4n) is 5.45. The van der Waals surface area contributed by atoms with E-state index >= 15 is 0 Å². The number of fused-ring (bicyclic) bond motifs is 2. The Labute approximate surface area is 224 Å². The molecule has 2 amide bonds. The number of likely N-dealkylation sites (tertiary alicyclic amines) is 1. The average Bonchev–Trinajstić information content (AvgIpc) is 2.96. The molecule has 0 saturated carbocycles. The highest BCUT2D eigenvalue weighted by Gasteiger charge is 2.43. The van der Waals surface area contributed by atoms with Gasteiger partial charge in [0.15, 0.2) is 0 Å². The van der Waals surface area contributed by atoms with Crippen LogP contribution in [0, 0.1) is 0 Å². The van der Waals surface area contributed by atoms with Crippen molar-refractivity contribution in [1.82, 2.24) is 10.2 Å². The molecule has 1 heterocycles. The molecule has 1 fully saturated rings. The second-order valence-corrected chi connectivity index (χ2v) is 9.83. The van der Waals surface area contributed by atoms with Crippen molar-refractivity contribution in [1.29, 1.82) is 0 Å². The molecule has 0 unspecified atom stereocenters. The molecule has 6 heteroatoms. The standard InChI is InChI=1S/C32H34N4O2/c1-4-24-22-32(29-13-9-8-12-28(29)30(24)34-23(2)33-3)18-20-36(21-19-32)31(37)35-25-14-16-27(17-15-25)38-26-10-6-5-7-11-26/h4-17,33H,2,18-22H2,1,3H3,(H,35,37)/b24-4-,34-30+. The van der Waals surface area contributed by atoms with Crippen molar-refractivity contribution in [2.24, 2.45) is 4.99 Å². The lowest BCUT2D eigenvalue weighted by molar-refractivity contribution is 0.167. The molecule has 6 nitrogen and oxygen atoms in total. The Bertz CT molecular complexity index is 1370. The molecule has 2 N–H and O–H groups in total. The van der Waals surface area contributed by atoms with Gasteiger partial charge in [0, 0.05) is 36.8 Å². The second-order valence-electron chi connectivity index (χ2n) is 9.83. The van der Waals surface area contributed by atoms with Crippen molar-refractivity contribution in [2.75, 3.05) is 25.5 Å². The molecule has 194 valence electrons. The minimum Gasteiger partial charge on any atom is -0.457 e. The Morgan fingerprint density at radius 3 is 2.32 bits per heavy atom. The summed E-state index contributed by atoms with van der Waals surface area (Å²) in [4.78, 5) is 19.8. The molecule has 3 aromatic carbocycles. The number of aliphatic imine (C=N–C) groups is 1. The molecule has 0 aromatic heterocycles. The van der Waals surface area contributed by atoms with Gasteiger partial charge in [-0.25, -0.2) is 9.79 Å². The maximum absolute atomic E-state index is 13.1. The number of hydrogen-bond acceptors (Lipinski definition) is 4. The van der Waals surface area contributed by atoms with E-state index in [1.807, 2.05) is 66.5 Å². The van der Waals surface area contributed by atoms with E-state index in [0.717, 1.165) is 42.2 Å². The first-order chi connectivity index (χ1) is 18.5. The molecular weight excluding hydrogens is 472 g/mol. The summed E-state index contributed by atoms with van der Waals surface area (Å²) in [5.41, 5.74) is 5.46. The zero-order valence-electron chi connectivity index (χ0n) is 22.0. The third-order valence-electron chi connectivity index (χ3n) is 7.56. The number of hydrogen-bond donors (Lipinski definition) is 2. The number of nitrogens with one attached hydrogen (secondary N) is 2. The molecule has 0 bridgehead atoms. The molecule has 5 rings (SSSR count). The molecule has 1 aliphatic heterocycles. The predicted octanol–water partition coefficient (Wildman–Crippen LogP) is 6.87. The quantitative estimate of drug-likeness (QED) is 0.397. The Hall–Kier alpha value is -4.32. The van der Waals surface area contributed by atoms with Crippen LogP contribution in [0.4, 0.5) is 10.5 Å². The molecule has 0 radical (unpaired) electrons. The molecule has 3 aromatic rings. The first-order valence-corrected chi connectivity index (χ1v) is 13.1. The number of nitrogens with zero attached hydrogens (tertiary/aromatic N) is 2. The molecule has 1 aliphatic carbocycles. The van der Waals surface area contributed by atoms with Gasteiger partial charge in [-0.1, -0.05) is 55.1 Å². The Kier molecular flexibility index (Phi) is 7.31. The minimum atomic E-state index is -0.0699. The van der Waals surface area contributed by atoms with Crippen LogP contribution < -0.4 is 15.4 Å². The van der Waals surface area contributed by atoms with E-state index in [1.165, 1.54) is 16.7 Å². The van der Waals surface area contributed by atoms with Gasteiger partial charge in [-0.15, -0.1) is 0 Å². The third-order valence-corrected chi connectivity index (χ3v) is 7.56. The highest BCUT2D eigenvalue weighted by Crippen LogP contribution is 2.47. The molecule has 1 saturated heterocycles. The summed E-state index contributed by atoms with van der Waals surface area (Å²) in [5, 5.41) is 6.10. The van der Waals surface area contributed by atoms with Crippen LogP contribution in [0.2, 0.25) is 0 Å². The molecule has 0 atom stereocenters. The first-order valence-electron chi connectivity index (χ1n) is 13.1. The smallest absolute Gasteiger partial charge is 0.321 e. The van der Waals surface area contributed by atoms with Gasteiger partial charge in [0.1, 0.15) is 17.3 Å². The van der Waals surface area contributed by atoms with Crippen LogP contribution in [-0.4, -0.2) is 36.8 Å². The highest BCUT2D eigenvalue weighted by atomic mass is 16.5. The van der Waals surface area contributed by atoms with E-state index in [9.17, 15) is 4.79 Å². The minimum absolute atomic E-state index is 0.00830. The van der Waals surface area contributed by atoms with Gasteiger partial charge in [-0.05, 0) is 73.7 Å². The summed E-state index contributed by atoms with van der Waals surface area (Å²) in [6, 6.07) is 25.6. The summed E-state index contributed by atoms with van der Waals surface area (Å²) in [5.74, 6) is 2.16. The molecule has 38 heavy (non-hydrogen) atoms. The number of urea groups is 1. The highest BCUT2D eigenvalue weighted by molar-refractivity contribution is 6.15.